The monoisotopic (exact) mass is 212 g/mol. The van der Waals surface area contributed by atoms with Crippen molar-refractivity contribution < 1.29 is 4.79 Å². The van der Waals surface area contributed by atoms with Crippen molar-refractivity contribution in [2.45, 2.75) is 39.0 Å². The predicted octanol–water partition coefficient (Wildman–Crippen LogP) is 1.54. The minimum atomic E-state index is 0.183. The van der Waals surface area contributed by atoms with Crippen LogP contribution < -0.4 is 10.6 Å². The van der Waals surface area contributed by atoms with Gasteiger partial charge in [0, 0.05) is 19.5 Å². The zero-order valence-electron chi connectivity index (χ0n) is 10.0. The molecule has 0 aromatic heterocycles. The second kappa shape index (κ2) is 6.83. The van der Waals surface area contributed by atoms with Gasteiger partial charge in [0.25, 0.3) is 0 Å². The van der Waals surface area contributed by atoms with Gasteiger partial charge in [-0.2, -0.15) is 0 Å². The molecule has 0 aliphatic heterocycles. The fourth-order valence-electron chi connectivity index (χ4n) is 2.12. The van der Waals surface area contributed by atoms with Gasteiger partial charge < -0.3 is 10.6 Å². The molecule has 1 rings (SSSR count). The standard InChI is InChI=1S/C12H24N2O/c1-10-3-5-11(6-4-10)9-14-12(15)7-8-13-2/h10-11,13H,3-9H2,1-2H3,(H,14,15). The zero-order chi connectivity index (χ0) is 11.1. The van der Waals surface area contributed by atoms with Crippen molar-refractivity contribution in [1.82, 2.24) is 10.6 Å². The summed E-state index contributed by atoms with van der Waals surface area (Å²) in [6.45, 7) is 3.98. The second-order valence-electron chi connectivity index (χ2n) is 4.78. The molecule has 0 spiro atoms. The lowest BCUT2D eigenvalue weighted by atomic mass is 9.83. The lowest BCUT2D eigenvalue weighted by molar-refractivity contribution is -0.121. The molecule has 0 saturated heterocycles. The number of nitrogens with one attached hydrogen (secondary N) is 2. The van der Waals surface area contributed by atoms with Crippen LogP contribution in [0, 0.1) is 11.8 Å². The van der Waals surface area contributed by atoms with Gasteiger partial charge in [-0.15, -0.1) is 0 Å². The van der Waals surface area contributed by atoms with Gasteiger partial charge in [0.05, 0.1) is 0 Å². The Kier molecular flexibility index (Phi) is 5.69. The number of carbonyl (C=O) groups excluding carboxylic acids is 1. The first-order chi connectivity index (χ1) is 7.22. The summed E-state index contributed by atoms with van der Waals surface area (Å²) in [5.41, 5.74) is 0. The molecule has 88 valence electrons. The van der Waals surface area contributed by atoms with E-state index in [0.717, 1.165) is 24.9 Å². The third-order valence-corrected chi connectivity index (χ3v) is 3.33. The van der Waals surface area contributed by atoms with Crippen LogP contribution in [0.5, 0.6) is 0 Å². The van der Waals surface area contributed by atoms with Crippen molar-refractivity contribution in [3.8, 4) is 0 Å². The Balaban J connectivity index is 2.06. The molecule has 0 radical (unpaired) electrons. The third kappa shape index (κ3) is 5.17. The van der Waals surface area contributed by atoms with Crippen LogP contribution in [0.15, 0.2) is 0 Å². The van der Waals surface area contributed by atoms with E-state index in [0.29, 0.717) is 6.42 Å². The third-order valence-electron chi connectivity index (χ3n) is 3.33. The van der Waals surface area contributed by atoms with Crippen molar-refractivity contribution in [1.29, 1.82) is 0 Å². The zero-order valence-corrected chi connectivity index (χ0v) is 10.0. The highest BCUT2D eigenvalue weighted by atomic mass is 16.1. The van der Waals surface area contributed by atoms with E-state index in [2.05, 4.69) is 17.6 Å². The van der Waals surface area contributed by atoms with Crippen LogP contribution in [0.3, 0.4) is 0 Å². The minimum absolute atomic E-state index is 0.183. The van der Waals surface area contributed by atoms with E-state index in [4.69, 9.17) is 0 Å². The highest BCUT2D eigenvalue weighted by molar-refractivity contribution is 5.76. The Morgan fingerprint density at radius 2 is 1.93 bits per heavy atom. The SMILES string of the molecule is CNCCC(=O)NCC1CCC(C)CC1. The van der Waals surface area contributed by atoms with E-state index >= 15 is 0 Å². The average Bonchev–Trinajstić information content (AvgIpc) is 2.25. The molecular formula is C12H24N2O. The molecule has 1 aliphatic rings. The molecule has 0 atom stereocenters. The highest BCUT2D eigenvalue weighted by Gasteiger charge is 2.18. The van der Waals surface area contributed by atoms with Gasteiger partial charge in [-0.25, -0.2) is 0 Å². The molecule has 0 heterocycles. The molecule has 2 N–H and O–H groups in total. The topological polar surface area (TPSA) is 41.1 Å². The fraction of sp³-hybridized carbons (Fsp3) is 0.917. The lowest BCUT2D eigenvalue weighted by Crippen LogP contribution is -2.32. The molecule has 1 amide bonds. The van der Waals surface area contributed by atoms with E-state index < -0.39 is 0 Å². The smallest absolute Gasteiger partial charge is 0.221 e. The second-order valence-corrected chi connectivity index (χ2v) is 4.78. The number of rotatable bonds is 5. The Bertz CT molecular complexity index is 186. The summed E-state index contributed by atoms with van der Waals surface area (Å²) < 4.78 is 0. The summed E-state index contributed by atoms with van der Waals surface area (Å²) >= 11 is 0. The van der Waals surface area contributed by atoms with E-state index in [1.807, 2.05) is 7.05 Å². The predicted molar refractivity (Wildman–Crippen MR) is 62.7 cm³/mol. The number of amides is 1. The average molecular weight is 212 g/mol. The Morgan fingerprint density at radius 3 is 2.53 bits per heavy atom. The maximum Gasteiger partial charge on any atom is 0.221 e. The summed E-state index contributed by atoms with van der Waals surface area (Å²) in [5.74, 6) is 1.80. The van der Waals surface area contributed by atoms with Gasteiger partial charge in [0.15, 0.2) is 0 Å². The van der Waals surface area contributed by atoms with Gasteiger partial charge in [0.1, 0.15) is 0 Å². The Morgan fingerprint density at radius 1 is 1.27 bits per heavy atom. The molecule has 0 aromatic rings. The van der Waals surface area contributed by atoms with Crippen LogP contribution in [0.1, 0.15) is 39.0 Å². The number of carbonyl (C=O) groups is 1. The van der Waals surface area contributed by atoms with Crippen molar-refractivity contribution in [3.63, 3.8) is 0 Å². The van der Waals surface area contributed by atoms with Crippen molar-refractivity contribution in [2.75, 3.05) is 20.1 Å². The quantitative estimate of drug-likeness (QED) is 0.726. The summed E-state index contributed by atoms with van der Waals surface area (Å²) in [5, 5.41) is 6.00. The summed E-state index contributed by atoms with van der Waals surface area (Å²) in [4.78, 5) is 11.4. The van der Waals surface area contributed by atoms with Crippen LogP contribution in [0.4, 0.5) is 0 Å². The number of hydrogen-bond donors (Lipinski definition) is 2. The fourth-order valence-corrected chi connectivity index (χ4v) is 2.12. The summed E-state index contributed by atoms with van der Waals surface area (Å²) in [6.07, 6.45) is 5.83. The van der Waals surface area contributed by atoms with Gasteiger partial charge in [0.2, 0.25) is 5.91 Å². The molecule has 1 saturated carbocycles. The van der Waals surface area contributed by atoms with E-state index in [1.54, 1.807) is 0 Å². The van der Waals surface area contributed by atoms with Crippen molar-refractivity contribution >= 4 is 5.91 Å². The highest BCUT2D eigenvalue weighted by Crippen LogP contribution is 2.27. The van der Waals surface area contributed by atoms with Crippen LogP contribution in [-0.4, -0.2) is 26.0 Å². The molecular weight excluding hydrogens is 188 g/mol. The van der Waals surface area contributed by atoms with Crippen molar-refractivity contribution in [3.05, 3.63) is 0 Å². The van der Waals surface area contributed by atoms with Crippen LogP contribution >= 0.6 is 0 Å². The van der Waals surface area contributed by atoms with Gasteiger partial charge in [-0.05, 0) is 31.7 Å². The largest absolute Gasteiger partial charge is 0.356 e. The molecule has 0 aromatic carbocycles. The molecule has 3 heteroatoms. The molecule has 0 bridgehead atoms. The van der Waals surface area contributed by atoms with Crippen LogP contribution in [-0.2, 0) is 4.79 Å². The van der Waals surface area contributed by atoms with Crippen LogP contribution in [0.25, 0.3) is 0 Å². The molecule has 1 fully saturated rings. The molecule has 3 nitrogen and oxygen atoms in total. The summed E-state index contributed by atoms with van der Waals surface area (Å²) in [6, 6.07) is 0. The normalized spacial score (nSPS) is 26.3. The molecule has 0 unspecified atom stereocenters. The Labute approximate surface area is 93.0 Å². The lowest BCUT2D eigenvalue weighted by Gasteiger charge is -2.26. The van der Waals surface area contributed by atoms with E-state index in [9.17, 15) is 4.79 Å². The molecule has 1 aliphatic carbocycles. The first-order valence-electron chi connectivity index (χ1n) is 6.13. The van der Waals surface area contributed by atoms with E-state index in [1.165, 1.54) is 25.7 Å². The minimum Gasteiger partial charge on any atom is -0.356 e. The van der Waals surface area contributed by atoms with Crippen molar-refractivity contribution in [2.24, 2.45) is 11.8 Å². The van der Waals surface area contributed by atoms with Crippen LogP contribution in [0.2, 0.25) is 0 Å². The number of hydrogen-bond acceptors (Lipinski definition) is 2. The first-order valence-corrected chi connectivity index (χ1v) is 6.13. The maximum absolute atomic E-state index is 11.4. The van der Waals surface area contributed by atoms with Gasteiger partial charge in [-0.3, -0.25) is 4.79 Å². The van der Waals surface area contributed by atoms with Gasteiger partial charge >= 0.3 is 0 Å². The Hall–Kier alpha value is -0.570. The summed E-state index contributed by atoms with van der Waals surface area (Å²) in [7, 11) is 1.87. The molecule has 15 heavy (non-hydrogen) atoms. The maximum atomic E-state index is 11.4. The van der Waals surface area contributed by atoms with Gasteiger partial charge in [-0.1, -0.05) is 19.8 Å². The first kappa shape index (κ1) is 12.5. The van der Waals surface area contributed by atoms with E-state index in [-0.39, 0.29) is 5.91 Å².